The van der Waals surface area contributed by atoms with Gasteiger partial charge < -0.3 is 10.6 Å². The summed E-state index contributed by atoms with van der Waals surface area (Å²) in [5, 5.41) is 7.24. The van der Waals surface area contributed by atoms with Gasteiger partial charge in [-0.1, -0.05) is 62.0 Å². The van der Waals surface area contributed by atoms with Crippen molar-refractivity contribution in [3.05, 3.63) is 108 Å². The number of anilines is 2. The highest BCUT2D eigenvalue weighted by Gasteiger charge is 2.38. The fourth-order valence-corrected chi connectivity index (χ4v) is 4.53. The van der Waals surface area contributed by atoms with Crippen molar-refractivity contribution in [1.82, 2.24) is 15.3 Å². The number of carbonyl (C=O) groups excluding carboxylic acids is 1. The molecular formula is C30H26F3N5O. The molecule has 9 heteroatoms. The number of fused-ring (bicyclic) bond motifs is 1. The van der Waals surface area contributed by atoms with Crippen molar-refractivity contribution in [2.75, 3.05) is 16.8 Å². The molecule has 6 nitrogen and oxygen atoms in total. The third-order valence-corrected chi connectivity index (χ3v) is 6.34. The van der Waals surface area contributed by atoms with E-state index in [-0.39, 0.29) is 5.69 Å². The zero-order valence-corrected chi connectivity index (χ0v) is 21.2. The third-order valence-electron chi connectivity index (χ3n) is 6.34. The van der Waals surface area contributed by atoms with Crippen LogP contribution in [0.3, 0.4) is 0 Å². The maximum atomic E-state index is 13.5. The second-order valence-corrected chi connectivity index (χ2v) is 9.11. The first-order chi connectivity index (χ1) is 18.8. The van der Waals surface area contributed by atoms with Gasteiger partial charge in [-0.3, -0.25) is 9.69 Å². The lowest BCUT2D eigenvalue weighted by Crippen LogP contribution is -2.41. The van der Waals surface area contributed by atoms with Gasteiger partial charge in [0.15, 0.2) is 5.82 Å². The first kappa shape index (κ1) is 26.0. The van der Waals surface area contributed by atoms with E-state index in [1.54, 1.807) is 0 Å². The minimum Gasteiger partial charge on any atom is -0.386 e. The molecule has 1 aliphatic rings. The smallest absolute Gasteiger partial charge is 0.386 e. The van der Waals surface area contributed by atoms with Crippen LogP contribution >= 0.6 is 0 Å². The molecule has 1 aromatic heterocycles. The van der Waals surface area contributed by atoms with Gasteiger partial charge in [0.2, 0.25) is 0 Å². The maximum absolute atomic E-state index is 13.5. The highest BCUT2D eigenvalue weighted by atomic mass is 19.4. The Kier molecular flexibility index (Phi) is 7.06. The Morgan fingerprint density at radius 1 is 1.00 bits per heavy atom. The number of benzene rings is 3. The van der Waals surface area contributed by atoms with Crippen molar-refractivity contribution in [1.29, 1.82) is 0 Å². The summed E-state index contributed by atoms with van der Waals surface area (Å²) in [7, 11) is 0. The summed E-state index contributed by atoms with van der Waals surface area (Å²) in [6.07, 6.45) is -2.35. The summed E-state index contributed by atoms with van der Waals surface area (Å²) in [5.41, 5.74) is 1.72. The first-order valence-electron chi connectivity index (χ1n) is 12.5. The number of rotatable bonds is 8. The lowest BCUT2D eigenvalue weighted by molar-refractivity contribution is -0.137. The maximum Gasteiger partial charge on any atom is 0.416 e. The first-order valence-corrected chi connectivity index (χ1v) is 12.5. The largest absolute Gasteiger partial charge is 0.416 e. The van der Waals surface area contributed by atoms with Crippen LogP contribution in [0.5, 0.6) is 0 Å². The lowest BCUT2D eigenvalue weighted by Gasteiger charge is -2.30. The second kappa shape index (κ2) is 10.6. The summed E-state index contributed by atoms with van der Waals surface area (Å²) >= 11 is 0. The number of carbonyl (C=O) groups is 1. The molecule has 5 rings (SSSR count). The van der Waals surface area contributed by atoms with Gasteiger partial charge in [0, 0.05) is 40.7 Å². The van der Waals surface area contributed by atoms with E-state index in [2.05, 4.69) is 17.2 Å². The molecule has 1 aliphatic heterocycles. The topological polar surface area (TPSA) is 70.1 Å². The Morgan fingerprint density at radius 2 is 1.74 bits per heavy atom. The van der Waals surface area contributed by atoms with E-state index in [4.69, 9.17) is 9.97 Å². The van der Waals surface area contributed by atoms with E-state index in [1.807, 2.05) is 61.5 Å². The van der Waals surface area contributed by atoms with Crippen molar-refractivity contribution < 1.29 is 18.0 Å². The molecule has 0 bridgehead atoms. The van der Waals surface area contributed by atoms with Gasteiger partial charge in [-0.25, -0.2) is 9.97 Å². The lowest BCUT2D eigenvalue weighted by atomic mass is 10.1. The Hall–Kier alpha value is -4.66. The summed E-state index contributed by atoms with van der Waals surface area (Å²) in [6, 6.07) is 20.9. The molecule has 0 aliphatic carbocycles. The fraction of sp³-hybridized carbons (Fsp3) is 0.167. The second-order valence-electron chi connectivity index (χ2n) is 9.11. The molecule has 2 N–H and O–H groups in total. The average Bonchev–Trinajstić information content (AvgIpc) is 3.27. The number of nitrogens with zero attached hydrogens (tertiary/aromatic N) is 3. The number of aromatic nitrogens is 2. The van der Waals surface area contributed by atoms with E-state index < -0.39 is 23.7 Å². The van der Waals surface area contributed by atoms with Crippen LogP contribution in [0.1, 0.15) is 18.9 Å². The predicted octanol–water partition coefficient (Wildman–Crippen LogP) is 6.54. The SMILES string of the molecule is C=C(Nc1nc(-c2ccccc2)nc2ccccc12)C1C(NCCC)=CC(=O)N1c1cccc(C(F)(F)F)c1. The van der Waals surface area contributed by atoms with Gasteiger partial charge >= 0.3 is 6.18 Å². The van der Waals surface area contributed by atoms with Crippen molar-refractivity contribution in [2.24, 2.45) is 0 Å². The molecule has 0 spiro atoms. The standard InChI is InChI=1S/C30H26F3N5O/c1-3-16-34-25-18-26(39)38(22-13-9-12-21(17-22)30(31,32)33)27(25)19(2)35-29-23-14-7-8-15-24(23)36-28(37-29)20-10-5-4-6-11-20/h4-15,17-18,27,34H,2-3,16H2,1H3,(H,35,36,37). The molecular weight excluding hydrogens is 503 g/mol. The van der Waals surface area contributed by atoms with Crippen LogP contribution in [0.2, 0.25) is 0 Å². The van der Waals surface area contributed by atoms with Crippen LogP contribution in [-0.2, 0) is 11.0 Å². The normalized spacial score (nSPS) is 15.4. The molecule has 0 saturated heterocycles. The number of alkyl halides is 3. The van der Waals surface area contributed by atoms with Gasteiger partial charge in [-0.05, 0) is 36.8 Å². The Balaban J connectivity index is 1.55. The summed E-state index contributed by atoms with van der Waals surface area (Å²) in [5.74, 6) is 0.530. The van der Waals surface area contributed by atoms with Crippen LogP contribution < -0.4 is 15.5 Å². The summed E-state index contributed by atoms with van der Waals surface area (Å²) in [6.45, 7) is 6.77. The van der Waals surface area contributed by atoms with Gasteiger partial charge in [-0.15, -0.1) is 0 Å². The van der Waals surface area contributed by atoms with E-state index in [0.29, 0.717) is 35.1 Å². The molecule has 1 amide bonds. The van der Waals surface area contributed by atoms with Crippen LogP contribution in [-0.4, -0.2) is 28.5 Å². The average molecular weight is 530 g/mol. The van der Waals surface area contributed by atoms with Gasteiger partial charge in [0.25, 0.3) is 5.91 Å². The van der Waals surface area contributed by atoms with Crippen molar-refractivity contribution in [3.8, 4) is 11.4 Å². The Labute approximate surface area is 223 Å². The van der Waals surface area contributed by atoms with E-state index in [9.17, 15) is 18.0 Å². The predicted molar refractivity (Wildman–Crippen MR) is 147 cm³/mol. The number of halogens is 3. The van der Waals surface area contributed by atoms with Gasteiger partial charge in [-0.2, -0.15) is 13.2 Å². The molecule has 1 unspecified atom stereocenters. The fourth-order valence-electron chi connectivity index (χ4n) is 4.53. The molecule has 2 heterocycles. The van der Waals surface area contributed by atoms with Crippen molar-refractivity contribution in [3.63, 3.8) is 0 Å². The van der Waals surface area contributed by atoms with Crippen molar-refractivity contribution >= 4 is 28.3 Å². The molecule has 3 aromatic carbocycles. The molecule has 39 heavy (non-hydrogen) atoms. The highest BCUT2D eigenvalue weighted by molar-refractivity contribution is 6.07. The van der Waals surface area contributed by atoms with E-state index in [1.165, 1.54) is 23.1 Å². The van der Waals surface area contributed by atoms with Crippen LogP contribution in [0.4, 0.5) is 24.7 Å². The Morgan fingerprint density at radius 3 is 2.49 bits per heavy atom. The molecule has 1 atom stereocenters. The molecule has 4 aromatic rings. The summed E-state index contributed by atoms with van der Waals surface area (Å²) < 4.78 is 40.5. The van der Waals surface area contributed by atoms with E-state index >= 15 is 0 Å². The van der Waals surface area contributed by atoms with Gasteiger partial charge in [0.1, 0.15) is 11.9 Å². The Bertz CT molecular complexity index is 1570. The number of amides is 1. The monoisotopic (exact) mass is 529 g/mol. The van der Waals surface area contributed by atoms with E-state index in [0.717, 1.165) is 29.5 Å². The number of hydrogen-bond donors (Lipinski definition) is 2. The van der Waals surface area contributed by atoms with Crippen LogP contribution in [0, 0.1) is 0 Å². The zero-order valence-electron chi connectivity index (χ0n) is 21.2. The third kappa shape index (κ3) is 5.34. The molecule has 198 valence electrons. The van der Waals surface area contributed by atoms with Crippen molar-refractivity contribution in [2.45, 2.75) is 25.6 Å². The quantitative estimate of drug-likeness (QED) is 0.271. The molecule has 0 fully saturated rings. The van der Waals surface area contributed by atoms with Crippen LogP contribution in [0.15, 0.2) is 103 Å². The zero-order chi connectivity index (χ0) is 27.6. The number of nitrogens with one attached hydrogen (secondary N) is 2. The van der Waals surface area contributed by atoms with Gasteiger partial charge in [0.05, 0.1) is 11.1 Å². The van der Waals surface area contributed by atoms with Crippen LogP contribution in [0.25, 0.3) is 22.3 Å². The number of hydrogen-bond acceptors (Lipinski definition) is 5. The molecule has 0 radical (unpaired) electrons. The highest BCUT2D eigenvalue weighted by Crippen LogP contribution is 2.36. The molecule has 0 saturated carbocycles. The minimum absolute atomic E-state index is 0.116. The number of para-hydroxylation sites is 1. The minimum atomic E-state index is -4.55. The summed E-state index contributed by atoms with van der Waals surface area (Å²) in [4.78, 5) is 23.9.